The minimum absolute atomic E-state index is 0.0962. The molecular weight excluding hydrogens is 334 g/mol. The van der Waals surface area contributed by atoms with E-state index in [-0.39, 0.29) is 11.9 Å². The van der Waals surface area contributed by atoms with E-state index in [0.717, 1.165) is 29.7 Å². The number of hydrogen-bond donors (Lipinski definition) is 1. The van der Waals surface area contributed by atoms with Gasteiger partial charge in [0, 0.05) is 12.5 Å². The first-order valence-corrected chi connectivity index (χ1v) is 9.59. The predicted octanol–water partition coefficient (Wildman–Crippen LogP) is 5.34. The molecule has 0 heterocycles. The molecule has 1 amide bonds. The van der Waals surface area contributed by atoms with Crippen molar-refractivity contribution in [1.82, 2.24) is 5.32 Å². The van der Waals surface area contributed by atoms with E-state index in [4.69, 9.17) is 4.74 Å². The smallest absolute Gasteiger partial charge is 0.244 e. The van der Waals surface area contributed by atoms with Crippen molar-refractivity contribution in [2.45, 2.75) is 39.2 Å². The van der Waals surface area contributed by atoms with Crippen molar-refractivity contribution in [2.75, 3.05) is 6.61 Å². The number of nitrogens with one attached hydrogen (secondary N) is 1. The number of allylic oxidation sites excluding steroid dienone is 1. The van der Waals surface area contributed by atoms with E-state index in [9.17, 15) is 4.79 Å². The summed E-state index contributed by atoms with van der Waals surface area (Å²) in [7, 11) is 0. The number of carbonyl (C=O) groups is 1. The lowest BCUT2D eigenvalue weighted by Crippen LogP contribution is -2.27. The Bertz CT molecular complexity index is 813. The van der Waals surface area contributed by atoms with Crippen molar-refractivity contribution in [3.63, 3.8) is 0 Å². The molecule has 3 rings (SSSR count). The van der Waals surface area contributed by atoms with Crippen LogP contribution in [-0.4, -0.2) is 12.5 Å². The molecule has 0 spiro atoms. The van der Waals surface area contributed by atoms with Crippen molar-refractivity contribution >= 4 is 12.0 Å². The zero-order valence-corrected chi connectivity index (χ0v) is 16.1. The van der Waals surface area contributed by atoms with Crippen LogP contribution >= 0.6 is 0 Å². The van der Waals surface area contributed by atoms with Gasteiger partial charge >= 0.3 is 0 Å². The molecule has 3 nitrogen and oxygen atoms in total. The Morgan fingerprint density at radius 3 is 2.44 bits per heavy atom. The molecule has 0 aliphatic heterocycles. The molecular formula is C24H27NO2. The Balaban J connectivity index is 1.75. The molecule has 2 aromatic rings. The lowest BCUT2D eigenvalue weighted by molar-refractivity contribution is -0.117. The Labute approximate surface area is 161 Å². The lowest BCUT2D eigenvalue weighted by atomic mass is 10.0. The first-order chi connectivity index (χ1) is 13.2. The Kier molecular flexibility index (Phi) is 6.48. The summed E-state index contributed by atoms with van der Waals surface area (Å²) in [5.74, 6) is 0.941. The number of amides is 1. The van der Waals surface area contributed by atoms with Crippen LogP contribution < -0.4 is 5.32 Å². The summed E-state index contributed by atoms with van der Waals surface area (Å²) in [5, 5.41) is 3.15. The van der Waals surface area contributed by atoms with E-state index < -0.39 is 0 Å². The van der Waals surface area contributed by atoms with E-state index in [0.29, 0.717) is 13.0 Å². The third-order valence-electron chi connectivity index (χ3n) is 4.63. The van der Waals surface area contributed by atoms with Gasteiger partial charge < -0.3 is 10.1 Å². The molecule has 0 bridgehead atoms. The topological polar surface area (TPSA) is 38.3 Å². The molecule has 2 aromatic carbocycles. The molecule has 140 valence electrons. The van der Waals surface area contributed by atoms with Gasteiger partial charge in [-0.1, -0.05) is 60.2 Å². The normalized spacial score (nSPS) is 14.1. The zero-order chi connectivity index (χ0) is 19.1. The third-order valence-corrected chi connectivity index (χ3v) is 4.63. The van der Waals surface area contributed by atoms with Gasteiger partial charge in [0.05, 0.1) is 18.4 Å². The molecule has 1 N–H and O–H groups in total. The fourth-order valence-corrected chi connectivity index (χ4v) is 3.01. The maximum atomic E-state index is 12.5. The van der Waals surface area contributed by atoms with Gasteiger partial charge in [0.25, 0.3) is 0 Å². The van der Waals surface area contributed by atoms with Crippen molar-refractivity contribution in [2.24, 2.45) is 0 Å². The number of rotatable bonds is 8. The molecule has 0 aromatic heterocycles. The number of benzene rings is 2. The van der Waals surface area contributed by atoms with Crippen LogP contribution in [0.25, 0.3) is 6.08 Å². The minimum Gasteiger partial charge on any atom is -0.498 e. The molecule has 0 saturated heterocycles. The second kappa shape index (κ2) is 9.22. The Hall–Kier alpha value is -2.81. The fourth-order valence-electron chi connectivity index (χ4n) is 3.01. The summed E-state index contributed by atoms with van der Waals surface area (Å²) in [5.41, 5.74) is 4.69. The summed E-state index contributed by atoms with van der Waals surface area (Å²) in [6, 6.07) is 18.1. The molecule has 1 atom stereocenters. The first kappa shape index (κ1) is 19.0. The Morgan fingerprint density at radius 1 is 1.11 bits per heavy atom. The second-order valence-electron chi connectivity index (χ2n) is 6.88. The van der Waals surface area contributed by atoms with Gasteiger partial charge in [-0.2, -0.15) is 0 Å². The number of aryl methyl sites for hydroxylation is 1. The van der Waals surface area contributed by atoms with Gasteiger partial charge in [0.2, 0.25) is 5.91 Å². The molecule has 1 unspecified atom stereocenters. The lowest BCUT2D eigenvalue weighted by Gasteiger charge is -2.20. The second-order valence-corrected chi connectivity index (χ2v) is 6.88. The van der Waals surface area contributed by atoms with Crippen molar-refractivity contribution in [1.29, 1.82) is 0 Å². The van der Waals surface area contributed by atoms with Crippen LogP contribution in [0.5, 0.6) is 0 Å². The summed E-state index contributed by atoms with van der Waals surface area (Å²) in [4.78, 5) is 12.5. The van der Waals surface area contributed by atoms with Gasteiger partial charge in [0.15, 0.2) is 0 Å². The van der Waals surface area contributed by atoms with Crippen LogP contribution in [0.2, 0.25) is 0 Å². The van der Waals surface area contributed by atoms with E-state index in [1.165, 1.54) is 11.1 Å². The molecule has 27 heavy (non-hydrogen) atoms. The van der Waals surface area contributed by atoms with E-state index in [1.54, 1.807) is 6.08 Å². The number of hydrogen-bond acceptors (Lipinski definition) is 2. The quantitative estimate of drug-likeness (QED) is 0.509. The van der Waals surface area contributed by atoms with E-state index >= 15 is 0 Å². The fraction of sp³-hybridized carbons (Fsp3) is 0.292. The highest BCUT2D eigenvalue weighted by molar-refractivity contribution is 5.92. The van der Waals surface area contributed by atoms with E-state index in [1.807, 2.05) is 43.3 Å². The highest BCUT2D eigenvalue weighted by Gasteiger charge is 2.23. The summed E-state index contributed by atoms with van der Waals surface area (Å²) >= 11 is 0. The van der Waals surface area contributed by atoms with Gasteiger partial charge in [-0.15, -0.1) is 0 Å². The van der Waals surface area contributed by atoms with Crippen LogP contribution in [0.15, 0.2) is 72.0 Å². The third kappa shape index (κ3) is 5.85. The van der Waals surface area contributed by atoms with Crippen molar-refractivity contribution in [3.05, 3.63) is 88.7 Å². The van der Waals surface area contributed by atoms with Crippen LogP contribution in [0.3, 0.4) is 0 Å². The zero-order valence-electron chi connectivity index (χ0n) is 16.1. The van der Waals surface area contributed by atoms with Gasteiger partial charge in [-0.3, -0.25) is 4.79 Å². The highest BCUT2D eigenvalue weighted by atomic mass is 16.5. The van der Waals surface area contributed by atoms with Gasteiger partial charge in [-0.25, -0.2) is 0 Å². The molecule has 1 fully saturated rings. The molecule has 1 aliphatic carbocycles. The summed E-state index contributed by atoms with van der Waals surface area (Å²) in [6.07, 6.45) is 6.35. The molecule has 3 heteroatoms. The van der Waals surface area contributed by atoms with Crippen molar-refractivity contribution < 1.29 is 9.53 Å². The Morgan fingerprint density at radius 2 is 1.81 bits per heavy atom. The van der Waals surface area contributed by atoms with Crippen LogP contribution in [-0.2, 0) is 9.53 Å². The maximum Gasteiger partial charge on any atom is 0.244 e. The van der Waals surface area contributed by atoms with Crippen LogP contribution in [0, 0.1) is 6.92 Å². The summed E-state index contributed by atoms with van der Waals surface area (Å²) < 4.78 is 5.86. The molecule has 1 aliphatic rings. The largest absolute Gasteiger partial charge is 0.498 e. The first-order valence-electron chi connectivity index (χ1n) is 9.59. The number of ether oxygens (including phenoxy) is 1. The highest BCUT2D eigenvalue weighted by Crippen LogP contribution is 2.36. The van der Waals surface area contributed by atoms with Gasteiger partial charge in [0.1, 0.15) is 0 Å². The van der Waals surface area contributed by atoms with Gasteiger partial charge in [-0.05, 0) is 49.5 Å². The minimum atomic E-state index is -0.104. The maximum absolute atomic E-state index is 12.5. The van der Waals surface area contributed by atoms with Crippen LogP contribution in [0.4, 0.5) is 0 Å². The molecule has 0 radical (unpaired) electrons. The molecule has 1 saturated carbocycles. The SMILES string of the molecule is CCOC(CC(NC(=O)/C=C/c1ccccc1)c1ccc(C)cc1)=C1CC1. The standard InChI is InChI=1S/C24H27NO2/c1-3-27-23(21-14-15-21)17-22(20-12-9-18(2)10-13-20)25-24(26)16-11-19-7-5-4-6-8-19/h4-13,16,22H,3,14-15,17H2,1-2H3,(H,25,26)/b16-11+. The van der Waals surface area contributed by atoms with Crippen molar-refractivity contribution in [3.8, 4) is 0 Å². The van der Waals surface area contributed by atoms with E-state index in [2.05, 4.69) is 36.5 Å². The predicted molar refractivity (Wildman–Crippen MR) is 110 cm³/mol. The number of carbonyl (C=O) groups excluding carboxylic acids is 1. The summed E-state index contributed by atoms with van der Waals surface area (Å²) in [6.45, 7) is 4.73. The monoisotopic (exact) mass is 361 g/mol. The average molecular weight is 361 g/mol. The van der Waals surface area contributed by atoms with Crippen LogP contribution in [0.1, 0.15) is 48.9 Å². The average Bonchev–Trinajstić information content (AvgIpc) is 3.52.